The summed E-state index contributed by atoms with van der Waals surface area (Å²) in [5.41, 5.74) is 5.21. The fraction of sp³-hybridized carbons (Fsp3) is 0.500. The molecule has 0 N–H and O–H groups in total. The summed E-state index contributed by atoms with van der Waals surface area (Å²) in [5, 5.41) is 0. The fourth-order valence-corrected chi connectivity index (χ4v) is 3.30. The summed E-state index contributed by atoms with van der Waals surface area (Å²) in [6.45, 7) is 12.5. The number of carbonyl (C=O) groups is 1. The van der Waals surface area contributed by atoms with Crippen molar-refractivity contribution >= 4 is 12.0 Å². The van der Waals surface area contributed by atoms with Gasteiger partial charge in [0, 0.05) is 0 Å². The molecule has 0 unspecified atom stereocenters. The predicted octanol–water partition coefficient (Wildman–Crippen LogP) is 5.53. The molecule has 0 spiro atoms. The number of hydrogen-bond acceptors (Lipinski definition) is 4. The number of esters is 1. The molecule has 0 bridgehead atoms. The van der Waals surface area contributed by atoms with E-state index < -0.39 is 5.97 Å². The first kappa shape index (κ1) is 20.1. The minimum atomic E-state index is -0.443. The van der Waals surface area contributed by atoms with Crippen LogP contribution < -0.4 is 0 Å². The molecule has 0 aliphatic heterocycles. The van der Waals surface area contributed by atoms with Crippen molar-refractivity contribution in [2.45, 2.75) is 66.9 Å². The number of hydrogen-bond donors (Lipinski definition) is 0. The van der Waals surface area contributed by atoms with Crippen molar-refractivity contribution in [1.82, 2.24) is 9.97 Å². The van der Waals surface area contributed by atoms with Crippen LogP contribution in [-0.4, -0.2) is 22.0 Å². The largest absolute Gasteiger partial charge is 0.458 e. The Morgan fingerprint density at radius 1 is 1.27 bits per heavy atom. The van der Waals surface area contributed by atoms with Crippen molar-refractivity contribution in [3.8, 4) is 0 Å². The average molecular weight is 354 g/mol. The van der Waals surface area contributed by atoms with Crippen molar-refractivity contribution in [2.75, 3.05) is 0 Å². The molecule has 1 aliphatic rings. The number of ether oxygens (including phenoxy) is 1. The standard InChI is InChI=1S/C22H30N2O2/c1-15(2)26-21(25)20-14-23-18(13-24-20)12-16(3)9-10-19-17(4)8-7-11-22(19,5)6/h9-10,12-15H,7-8,11H2,1-6H3. The van der Waals surface area contributed by atoms with Crippen molar-refractivity contribution in [1.29, 1.82) is 0 Å². The molecule has 0 aromatic carbocycles. The summed E-state index contributed by atoms with van der Waals surface area (Å²) in [6, 6.07) is 0. The average Bonchev–Trinajstić information content (AvgIpc) is 2.53. The van der Waals surface area contributed by atoms with E-state index >= 15 is 0 Å². The predicted molar refractivity (Wildman–Crippen MR) is 106 cm³/mol. The van der Waals surface area contributed by atoms with Gasteiger partial charge in [-0.3, -0.25) is 4.98 Å². The van der Waals surface area contributed by atoms with Gasteiger partial charge < -0.3 is 4.74 Å². The molecule has 0 radical (unpaired) electrons. The third kappa shape index (κ3) is 5.38. The molecule has 0 fully saturated rings. The Morgan fingerprint density at radius 2 is 2.00 bits per heavy atom. The summed E-state index contributed by atoms with van der Waals surface area (Å²) in [7, 11) is 0. The smallest absolute Gasteiger partial charge is 0.358 e. The van der Waals surface area contributed by atoms with Crippen LogP contribution in [0.5, 0.6) is 0 Å². The van der Waals surface area contributed by atoms with Crippen LogP contribution in [0.15, 0.2) is 41.3 Å². The summed E-state index contributed by atoms with van der Waals surface area (Å²) in [5.74, 6) is -0.443. The van der Waals surface area contributed by atoms with E-state index in [-0.39, 0.29) is 17.2 Å². The van der Waals surface area contributed by atoms with Crippen LogP contribution >= 0.6 is 0 Å². The molecule has 26 heavy (non-hydrogen) atoms. The summed E-state index contributed by atoms with van der Waals surface area (Å²) in [6.07, 6.45) is 12.9. The number of rotatable bonds is 5. The highest BCUT2D eigenvalue weighted by Gasteiger charge is 2.26. The van der Waals surface area contributed by atoms with Crippen molar-refractivity contribution in [3.63, 3.8) is 0 Å². The Morgan fingerprint density at radius 3 is 2.58 bits per heavy atom. The Balaban J connectivity index is 2.11. The van der Waals surface area contributed by atoms with Crippen LogP contribution in [0, 0.1) is 5.41 Å². The summed E-state index contributed by atoms with van der Waals surface area (Å²) < 4.78 is 5.12. The number of nitrogens with zero attached hydrogens (tertiary/aromatic N) is 2. The zero-order valence-electron chi connectivity index (χ0n) is 16.8. The first-order valence-electron chi connectivity index (χ1n) is 9.28. The first-order valence-corrected chi connectivity index (χ1v) is 9.28. The SMILES string of the molecule is CC(C=CC1=C(C)CCCC1(C)C)=Cc1cnc(C(=O)OC(C)C)cn1. The molecule has 1 aliphatic carbocycles. The van der Waals surface area contributed by atoms with E-state index in [1.54, 1.807) is 6.20 Å². The highest BCUT2D eigenvalue weighted by Crippen LogP contribution is 2.40. The van der Waals surface area contributed by atoms with Gasteiger partial charge in [-0.15, -0.1) is 0 Å². The Hall–Kier alpha value is -2.23. The van der Waals surface area contributed by atoms with Gasteiger partial charge in [0.05, 0.1) is 24.2 Å². The normalized spacial score (nSPS) is 17.9. The molecule has 0 saturated heterocycles. The number of carbonyl (C=O) groups excluding carboxylic acids is 1. The van der Waals surface area contributed by atoms with Gasteiger partial charge in [-0.05, 0) is 69.6 Å². The maximum absolute atomic E-state index is 11.8. The Labute approximate surface area is 157 Å². The molecule has 2 rings (SSSR count). The van der Waals surface area contributed by atoms with Crippen LogP contribution in [0.4, 0.5) is 0 Å². The lowest BCUT2D eigenvalue weighted by molar-refractivity contribution is 0.0370. The van der Waals surface area contributed by atoms with Crippen LogP contribution in [0.25, 0.3) is 6.08 Å². The maximum Gasteiger partial charge on any atom is 0.358 e. The van der Waals surface area contributed by atoms with Crippen molar-refractivity contribution < 1.29 is 9.53 Å². The van der Waals surface area contributed by atoms with E-state index in [9.17, 15) is 4.79 Å². The second-order valence-electron chi connectivity index (χ2n) is 7.93. The summed E-state index contributed by atoms with van der Waals surface area (Å²) in [4.78, 5) is 20.3. The lowest BCUT2D eigenvalue weighted by atomic mass is 9.72. The highest BCUT2D eigenvalue weighted by atomic mass is 16.5. The van der Waals surface area contributed by atoms with Gasteiger partial charge in [0.2, 0.25) is 0 Å². The number of aromatic nitrogens is 2. The van der Waals surface area contributed by atoms with Crippen LogP contribution in [-0.2, 0) is 4.74 Å². The van der Waals surface area contributed by atoms with Crippen LogP contribution in [0.1, 0.15) is 77.0 Å². The maximum atomic E-state index is 11.8. The number of allylic oxidation sites excluding steroid dienone is 5. The van der Waals surface area contributed by atoms with Gasteiger partial charge in [0.25, 0.3) is 0 Å². The second-order valence-corrected chi connectivity index (χ2v) is 7.93. The van der Waals surface area contributed by atoms with E-state index in [0.717, 1.165) is 11.3 Å². The van der Waals surface area contributed by atoms with Gasteiger partial charge >= 0.3 is 5.97 Å². The van der Waals surface area contributed by atoms with Crippen LogP contribution in [0.2, 0.25) is 0 Å². The molecule has 0 atom stereocenters. The third-order valence-corrected chi connectivity index (χ3v) is 4.65. The van der Waals surface area contributed by atoms with E-state index in [0.29, 0.717) is 0 Å². The topological polar surface area (TPSA) is 52.1 Å². The van der Waals surface area contributed by atoms with E-state index in [1.807, 2.05) is 26.8 Å². The molecular formula is C22H30N2O2. The van der Waals surface area contributed by atoms with Gasteiger partial charge in [-0.1, -0.05) is 31.6 Å². The van der Waals surface area contributed by atoms with Gasteiger partial charge in [0.1, 0.15) is 0 Å². The molecule has 0 saturated carbocycles. The zero-order valence-corrected chi connectivity index (χ0v) is 16.8. The van der Waals surface area contributed by atoms with Crippen molar-refractivity contribution in [2.24, 2.45) is 5.41 Å². The molecule has 0 amide bonds. The lowest BCUT2D eigenvalue weighted by Gasteiger charge is -2.32. The van der Waals surface area contributed by atoms with E-state index in [2.05, 4.69) is 42.9 Å². The minimum Gasteiger partial charge on any atom is -0.458 e. The minimum absolute atomic E-state index is 0.168. The molecule has 1 aromatic rings. The van der Waals surface area contributed by atoms with Crippen LogP contribution in [0.3, 0.4) is 0 Å². The van der Waals surface area contributed by atoms with Gasteiger partial charge in [-0.25, -0.2) is 9.78 Å². The molecule has 140 valence electrons. The molecule has 1 heterocycles. The van der Waals surface area contributed by atoms with E-state index in [1.165, 1.54) is 36.6 Å². The molecule has 1 aromatic heterocycles. The first-order chi connectivity index (χ1) is 12.2. The second kappa shape index (κ2) is 8.43. The quantitative estimate of drug-likeness (QED) is 0.515. The molecule has 4 nitrogen and oxygen atoms in total. The van der Waals surface area contributed by atoms with E-state index in [4.69, 9.17) is 4.74 Å². The molecular weight excluding hydrogens is 324 g/mol. The fourth-order valence-electron chi connectivity index (χ4n) is 3.30. The zero-order chi connectivity index (χ0) is 19.3. The monoisotopic (exact) mass is 354 g/mol. The third-order valence-electron chi connectivity index (χ3n) is 4.65. The lowest BCUT2D eigenvalue weighted by Crippen LogP contribution is -2.19. The Kier molecular flexibility index (Phi) is 6.52. The molecule has 4 heteroatoms. The highest BCUT2D eigenvalue weighted by molar-refractivity contribution is 5.87. The Bertz CT molecular complexity index is 738. The van der Waals surface area contributed by atoms with Gasteiger partial charge in [-0.2, -0.15) is 0 Å². The van der Waals surface area contributed by atoms with Crippen molar-refractivity contribution in [3.05, 3.63) is 52.7 Å². The van der Waals surface area contributed by atoms with Gasteiger partial charge in [0.15, 0.2) is 5.69 Å². The summed E-state index contributed by atoms with van der Waals surface area (Å²) >= 11 is 0.